The van der Waals surface area contributed by atoms with Gasteiger partial charge in [-0.05, 0) is 32.1 Å². The zero-order valence-corrected chi connectivity index (χ0v) is 8.46. The van der Waals surface area contributed by atoms with Crippen molar-refractivity contribution >= 4 is 0 Å². The minimum absolute atomic E-state index is 0.0887. The topological polar surface area (TPSA) is 29.5 Å². The molecule has 1 aliphatic rings. The molecule has 0 saturated heterocycles. The number of rotatable bonds is 4. The van der Waals surface area contributed by atoms with Crippen molar-refractivity contribution in [1.29, 1.82) is 0 Å². The average molecular weight is 184 g/mol. The lowest BCUT2D eigenvalue weighted by molar-refractivity contribution is 0.00610. The third-order valence-corrected chi connectivity index (χ3v) is 2.67. The van der Waals surface area contributed by atoms with E-state index in [1.54, 1.807) is 0 Å². The Bertz CT molecular complexity index is 157. The molecule has 1 fully saturated rings. The highest BCUT2D eigenvalue weighted by Gasteiger charge is 2.19. The van der Waals surface area contributed by atoms with E-state index in [9.17, 15) is 5.11 Å². The van der Waals surface area contributed by atoms with E-state index in [0.717, 1.165) is 37.7 Å². The summed E-state index contributed by atoms with van der Waals surface area (Å²) in [6.45, 7) is 6.68. The summed E-state index contributed by atoms with van der Waals surface area (Å²) in [5, 5.41) is 9.28. The summed E-state index contributed by atoms with van der Waals surface area (Å²) < 4.78 is 5.67. The Kier molecular flexibility index (Phi) is 4.46. The predicted molar refractivity (Wildman–Crippen MR) is 53.6 cm³/mol. The van der Waals surface area contributed by atoms with Crippen molar-refractivity contribution in [3.8, 4) is 0 Å². The van der Waals surface area contributed by atoms with Gasteiger partial charge in [0.1, 0.15) is 0 Å². The molecule has 0 atom stereocenters. The van der Waals surface area contributed by atoms with Crippen LogP contribution in [0, 0.1) is 0 Å². The monoisotopic (exact) mass is 184 g/mol. The summed E-state index contributed by atoms with van der Waals surface area (Å²) >= 11 is 0. The molecular formula is C11H20O2. The van der Waals surface area contributed by atoms with E-state index in [2.05, 4.69) is 13.5 Å². The average Bonchev–Trinajstić information content (AvgIpc) is 2.16. The maximum atomic E-state index is 9.28. The predicted octanol–water partition coefficient (Wildman–Crippen LogP) is 2.27. The maximum absolute atomic E-state index is 9.28. The third kappa shape index (κ3) is 3.92. The molecule has 0 aromatic heterocycles. The normalized spacial score (nSPS) is 28.8. The standard InChI is InChI=1S/C11H20O2/c1-3-9(2)8-13-11-6-4-10(12)5-7-11/h10-12H,2-8H2,1H3. The van der Waals surface area contributed by atoms with Crippen molar-refractivity contribution in [1.82, 2.24) is 0 Å². The minimum Gasteiger partial charge on any atom is -0.393 e. The lowest BCUT2D eigenvalue weighted by atomic mass is 9.95. The Labute approximate surface area is 80.6 Å². The van der Waals surface area contributed by atoms with Gasteiger partial charge in [0.15, 0.2) is 0 Å². The molecule has 0 heterocycles. The fourth-order valence-electron chi connectivity index (χ4n) is 1.55. The molecule has 0 aromatic rings. The lowest BCUT2D eigenvalue weighted by Gasteiger charge is -2.25. The number of aliphatic hydroxyl groups is 1. The van der Waals surface area contributed by atoms with Crippen molar-refractivity contribution in [2.45, 2.75) is 51.2 Å². The number of hydrogen-bond donors (Lipinski definition) is 1. The Morgan fingerprint density at radius 2 is 2.00 bits per heavy atom. The van der Waals surface area contributed by atoms with Gasteiger partial charge in [-0.3, -0.25) is 0 Å². The molecule has 1 N–H and O–H groups in total. The van der Waals surface area contributed by atoms with Crippen molar-refractivity contribution in [3.05, 3.63) is 12.2 Å². The summed E-state index contributed by atoms with van der Waals surface area (Å²) in [5.41, 5.74) is 1.16. The fourth-order valence-corrected chi connectivity index (χ4v) is 1.55. The Morgan fingerprint density at radius 3 is 2.54 bits per heavy atom. The van der Waals surface area contributed by atoms with E-state index >= 15 is 0 Å². The Morgan fingerprint density at radius 1 is 1.38 bits per heavy atom. The Hall–Kier alpha value is -0.340. The first-order chi connectivity index (χ1) is 6.22. The van der Waals surface area contributed by atoms with Crippen molar-refractivity contribution in [3.63, 3.8) is 0 Å². The molecular weight excluding hydrogens is 164 g/mol. The van der Waals surface area contributed by atoms with Crippen LogP contribution in [0.1, 0.15) is 39.0 Å². The third-order valence-electron chi connectivity index (χ3n) is 2.67. The second-order valence-corrected chi connectivity index (χ2v) is 3.85. The van der Waals surface area contributed by atoms with Crippen LogP contribution >= 0.6 is 0 Å². The van der Waals surface area contributed by atoms with Gasteiger partial charge in [0.05, 0.1) is 18.8 Å². The van der Waals surface area contributed by atoms with Crippen LogP contribution in [0.4, 0.5) is 0 Å². The molecule has 0 spiro atoms. The van der Waals surface area contributed by atoms with Crippen molar-refractivity contribution < 1.29 is 9.84 Å². The lowest BCUT2D eigenvalue weighted by Crippen LogP contribution is -2.24. The second-order valence-electron chi connectivity index (χ2n) is 3.85. The van der Waals surface area contributed by atoms with Crippen LogP contribution in [-0.2, 0) is 4.74 Å². The second kappa shape index (κ2) is 5.40. The van der Waals surface area contributed by atoms with Gasteiger partial charge in [-0.15, -0.1) is 0 Å². The van der Waals surface area contributed by atoms with E-state index in [0.29, 0.717) is 12.7 Å². The van der Waals surface area contributed by atoms with E-state index in [1.807, 2.05) is 0 Å². The van der Waals surface area contributed by atoms with Crippen molar-refractivity contribution in [2.75, 3.05) is 6.61 Å². The van der Waals surface area contributed by atoms with E-state index < -0.39 is 0 Å². The molecule has 0 unspecified atom stereocenters. The highest BCUT2D eigenvalue weighted by molar-refractivity contribution is 4.92. The first kappa shape index (κ1) is 10.7. The molecule has 1 saturated carbocycles. The van der Waals surface area contributed by atoms with E-state index in [-0.39, 0.29) is 6.10 Å². The van der Waals surface area contributed by atoms with Crippen LogP contribution < -0.4 is 0 Å². The smallest absolute Gasteiger partial charge is 0.0677 e. The largest absolute Gasteiger partial charge is 0.393 e. The molecule has 2 nitrogen and oxygen atoms in total. The first-order valence-electron chi connectivity index (χ1n) is 5.18. The molecule has 0 radical (unpaired) electrons. The summed E-state index contributed by atoms with van der Waals surface area (Å²) in [6.07, 6.45) is 5.04. The van der Waals surface area contributed by atoms with Gasteiger partial charge in [-0.2, -0.15) is 0 Å². The highest BCUT2D eigenvalue weighted by atomic mass is 16.5. The number of hydrogen-bond acceptors (Lipinski definition) is 2. The van der Waals surface area contributed by atoms with Crippen LogP contribution in [-0.4, -0.2) is 23.9 Å². The van der Waals surface area contributed by atoms with Gasteiger partial charge >= 0.3 is 0 Å². The molecule has 0 aromatic carbocycles. The zero-order chi connectivity index (χ0) is 9.68. The van der Waals surface area contributed by atoms with Gasteiger partial charge in [-0.1, -0.05) is 19.1 Å². The first-order valence-corrected chi connectivity index (χ1v) is 5.18. The SMILES string of the molecule is C=C(CC)COC1CCC(O)CC1. The van der Waals surface area contributed by atoms with Crippen LogP contribution in [0.25, 0.3) is 0 Å². The van der Waals surface area contributed by atoms with Crippen molar-refractivity contribution in [2.24, 2.45) is 0 Å². The van der Waals surface area contributed by atoms with E-state index in [4.69, 9.17) is 4.74 Å². The van der Waals surface area contributed by atoms with Crippen LogP contribution in [0.5, 0.6) is 0 Å². The number of ether oxygens (including phenoxy) is 1. The molecule has 2 heteroatoms. The van der Waals surface area contributed by atoms with Gasteiger partial charge in [0.25, 0.3) is 0 Å². The molecule has 1 rings (SSSR count). The van der Waals surface area contributed by atoms with Crippen LogP contribution in [0.3, 0.4) is 0 Å². The fraction of sp³-hybridized carbons (Fsp3) is 0.818. The quantitative estimate of drug-likeness (QED) is 0.679. The van der Waals surface area contributed by atoms with Gasteiger partial charge in [-0.25, -0.2) is 0 Å². The molecule has 0 aliphatic heterocycles. The maximum Gasteiger partial charge on any atom is 0.0677 e. The molecule has 0 amide bonds. The summed E-state index contributed by atoms with van der Waals surface area (Å²) in [4.78, 5) is 0. The summed E-state index contributed by atoms with van der Waals surface area (Å²) in [6, 6.07) is 0. The molecule has 1 aliphatic carbocycles. The molecule has 0 bridgehead atoms. The van der Waals surface area contributed by atoms with E-state index in [1.165, 1.54) is 0 Å². The van der Waals surface area contributed by atoms with Gasteiger partial charge in [0.2, 0.25) is 0 Å². The van der Waals surface area contributed by atoms with Crippen LogP contribution in [0.2, 0.25) is 0 Å². The highest BCUT2D eigenvalue weighted by Crippen LogP contribution is 2.21. The minimum atomic E-state index is -0.0887. The van der Waals surface area contributed by atoms with Crippen LogP contribution in [0.15, 0.2) is 12.2 Å². The molecule has 76 valence electrons. The van der Waals surface area contributed by atoms with Gasteiger partial charge in [0, 0.05) is 0 Å². The molecule has 13 heavy (non-hydrogen) atoms. The summed E-state index contributed by atoms with van der Waals surface area (Å²) in [5.74, 6) is 0. The zero-order valence-electron chi connectivity index (χ0n) is 8.46. The number of aliphatic hydroxyl groups excluding tert-OH is 1. The van der Waals surface area contributed by atoms with Gasteiger partial charge < -0.3 is 9.84 Å². The Balaban J connectivity index is 2.12. The summed E-state index contributed by atoms with van der Waals surface area (Å²) in [7, 11) is 0.